The Morgan fingerprint density at radius 2 is 1.56 bits per heavy atom. The fourth-order valence-electron chi connectivity index (χ4n) is 5.14. The quantitative estimate of drug-likeness (QED) is 0.648. The molecule has 2 amide bonds. The molecule has 4 rings (SSSR count). The van der Waals surface area contributed by atoms with Gasteiger partial charge in [-0.15, -0.1) is 0 Å². The van der Waals surface area contributed by atoms with E-state index in [0.717, 1.165) is 52.1 Å². The number of piperazine rings is 1. The number of carbonyl (C=O) groups excluding carboxylic acids is 2. The number of nitrogens with zero attached hydrogens (tertiary/aromatic N) is 3. The fourth-order valence-corrected chi connectivity index (χ4v) is 5.14. The number of piperidine rings is 1. The fraction of sp³-hybridized carbons (Fsp3) is 0.680. The molecule has 7 heteroatoms. The van der Waals surface area contributed by atoms with Crippen LogP contribution in [0.4, 0.5) is 0 Å². The summed E-state index contributed by atoms with van der Waals surface area (Å²) >= 11 is 0. The first-order chi connectivity index (χ1) is 15.7. The summed E-state index contributed by atoms with van der Waals surface area (Å²) in [6.45, 7) is 7.42. The lowest BCUT2D eigenvalue weighted by Crippen LogP contribution is -2.51. The van der Waals surface area contributed by atoms with Crippen molar-refractivity contribution in [3.05, 3.63) is 23.8 Å². The maximum Gasteiger partial charge on any atom is 0.260 e. The third-order valence-electron chi connectivity index (χ3n) is 6.99. The van der Waals surface area contributed by atoms with Crippen molar-refractivity contribution in [1.29, 1.82) is 0 Å². The molecule has 176 valence electrons. The number of hydrogen-bond donors (Lipinski definition) is 0. The molecule has 1 saturated carbocycles. The summed E-state index contributed by atoms with van der Waals surface area (Å²) in [5, 5.41) is 0. The Labute approximate surface area is 191 Å². The first-order valence-corrected chi connectivity index (χ1v) is 12.4. The topological polar surface area (TPSA) is 62.3 Å². The zero-order valence-electron chi connectivity index (χ0n) is 19.4. The molecule has 3 aliphatic rings. The molecular weight excluding hydrogens is 406 g/mol. The van der Waals surface area contributed by atoms with Crippen molar-refractivity contribution in [3.63, 3.8) is 0 Å². The lowest BCUT2D eigenvalue weighted by Gasteiger charge is -2.38. The van der Waals surface area contributed by atoms with Gasteiger partial charge in [-0.25, -0.2) is 0 Å². The average molecular weight is 444 g/mol. The van der Waals surface area contributed by atoms with E-state index in [0.29, 0.717) is 29.7 Å². The zero-order chi connectivity index (χ0) is 22.3. The molecule has 0 aromatic heterocycles. The lowest BCUT2D eigenvalue weighted by molar-refractivity contribution is -0.134. The summed E-state index contributed by atoms with van der Waals surface area (Å²) in [7, 11) is 0. The van der Waals surface area contributed by atoms with Crippen LogP contribution >= 0.6 is 0 Å². The molecule has 7 nitrogen and oxygen atoms in total. The first-order valence-electron chi connectivity index (χ1n) is 12.4. The molecule has 1 aromatic rings. The van der Waals surface area contributed by atoms with Crippen LogP contribution in [-0.4, -0.2) is 85.0 Å². The van der Waals surface area contributed by atoms with Crippen molar-refractivity contribution in [2.24, 2.45) is 0 Å². The summed E-state index contributed by atoms with van der Waals surface area (Å²) < 4.78 is 11.6. The van der Waals surface area contributed by atoms with Crippen LogP contribution in [-0.2, 0) is 4.79 Å². The minimum atomic E-state index is -0.00348. The molecular formula is C25H37N3O4. The minimum Gasteiger partial charge on any atom is -0.490 e. The number of amides is 2. The molecule has 1 aliphatic carbocycles. The van der Waals surface area contributed by atoms with Crippen LogP contribution in [0.5, 0.6) is 11.5 Å². The second-order valence-electron chi connectivity index (χ2n) is 9.09. The van der Waals surface area contributed by atoms with Crippen LogP contribution in [0.1, 0.15) is 62.2 Å². The second-order valence-corrected chi connectivity index (χ2v) is 9.09. The third-order valence-corrected chi connectivity index (χ3v) is 6.99. The van der Waals surface area contributed by atoms with Gasteiger partial charge in [-0.3, -0.25) is 14.5 Å². The third kappa shape index (κ3) is 5.55. The predicted molar refractivity (Wildman–Crippen MR) is 123 cm³/mol. The van der Waals surface area contributed by atoms with Crippen molar-refractivity contribution in [2.75, 3.05) is 52.5 Å². The van der Waals surface area contributed by atoms with Crippen LogP contribution in [0, 0.1) is 0 Å². The Morgan fingerprint density at radius 1 is 0.844 bits per heavy atom. The summed E-state index contributed by atoms with van der Waals surface area (Å²) in [5.74, 6) is 1.08. The lowest BCUT2D eigenvalue weighted by atomic mass is 10.1. The molecule has 0 spiro atoms. The molecule has 1 aromatic carbocycles. The molecule has 0 atom stereocenters. The van der Waals surface area contributed by atoms with Gasteiger partial charge in [0.15, 0.2) is 18.1 Å². The minimum absolute atomic E-state index is 0.00348. The summed E-state index contributed by atoms with van der Waals surface area (Å²) in [4.78, 5) is 31.9. The van der Waals surface area contributed by atoms with E-state index >= 15 is 0 Å². The first kappa shape index (κ1) is 22.9. The predicted octanol–water partition coefficient (Wildman–Crippen LogP) is 3.18. The highest BCUT2D eigenvalue weighted by Gasteiger charge is 2.28. The van der Waals surface area contributed by atoms with E-state index in [9.17, 15) is 9.59 Å². The molecule has 0 N–H and O–H groups in total. The van der Waals surface area contributed by atoms with E-state index in [1.165, 1.54) is 32.1 Å². The van der Waals surface area contributed by atoms with Crippen molar-refractivity contribution < 1.29 is 19.1 Å². The van der Waals surface area contributed by atoms with E-state index in [1.807, 2.05) is 16.7 Å². The second kappa shape index (κ2) is 11.0. The van der Waals surface area contributed by atoms with Gasteiger partial charge in [-0.2, -0.15) is 0 Å². The number of carbonyl (C=O) groups is 2. The van der Waals surface area contributed by atoms with Gasteiger partial charge in [-0.1, -0.05) is 12.8 Å². The van der Waals surface area contributed by atoms with E-state index in [2.05, 4.69) is 4.90 Å². The standard InChI is InChI=1S/C25H37N3O4/c1-2-31-23-18-20(10-11-22(23)32-19-24(29)27-12-6-3-7-13-27)25(30)28-16-14-26(15-17-28)21-8-4-5-9-21/h10-11,18,21H,2-9,12-17,19H2,1H3. The summed E-state index contributed by atoms with van der Waals surface area (Å²) in [6.07, 6.45) is 8.57. The molecule has 2 heterocycles. The van der Waals surface area contributed by atoms with Gasteiger partial charge in [0.25, 0.3) is 11.8 Å². The highest BCUT2D eigenvalue weighted by atomic mass is 16.5. The molecule has 0 unspecified atom stereocenters. The van der Waals surface area contributed by atoms with Gasteiger partial charge in [0.05, 0.1) is 6.61 Å². The largest absolute Gasteiger partial charge is 0.490 e. The van der Waals surface area contributed by atoms with E-state index in [4.69, 9.17) is 9.47 Å². The van der Waals surface area contributed by atoms with E-state index in [-0.39, 0.29) is 18.4 Å². The zero-order valence-corrected chi connectivity index (χ0v) is 19.4. The van der Waals surface area contributed by atoms with Gasteiger partial charge in [0, 0.05) is 50.9 Å². The molecule has 0 bridgehead atoms. The number of rotatable bonds is 7. The Balaban J connectivity index is 1.35. The van der Waals surface area contributed by atoms with E-state index in [1.54, 1.807) is 18.2 Å². The van der Waals surface area contributed by atoms with Gasteiger partial charge >= 0.3 is 0 Å². The SMILES string of the molecule is CCOc1cc(C(=O)N2CCN(C3CCCC3)CC2)ccc1OCC(=O)N1CCCCC1. The van der Waals surface area contributed by atoms with E-state index < -0.39 is 0 Å². The van der Waals surface area contributed by atoms with Crippen molar-refractivity contribution in [1.82, 2.24) is 14.7 Å². The normalized spacial score (nSPS) is 20.4. The van der Waals surface area contributed by atoms with Gasteiger partial charge < -0.3 is 19.3 Å². The molecule has 0 radical (unpaired) electrons. The van der Waals surface area contributed by atoms with Gasteiger partial charge in [-0.05, 0) is 57.2 Å². The summed E-state index contributed by atoms with van der Waals surface area (Å²) in [6, 6.07) is 6.02. The molecule has 2 aliphatic heterocycles. The molecule has 3 fully saturated rings. The van der Waals surface area contributed by atoms with Crippen molar-refractivity contribution in [3.8, 4) is 11.5 Å². The smallest absolute Gasteiger partial charge is 0.260 e. The number of benzene rings is 1. The van der Waals surface area contributed by atoms with Gasteiger partial charge in [0.2, 0.25) is 0 Å². The van der Waals surface area contributed by atoms with Crippen LogP contribution in [0.3, 0.4) is 0 Å². The Morgan fingerprint density at radius 3 is 2.25 bits per heavy atom. The highest BCUT2D eigenvalue weighted by molar-refractivity contribution is 5.95. The number of ether oxygens (including phenoxy) is 2. The highest BCUT2D eigenvalue weighted by Crippen LogP contribution is 2.30. The Bertz CT molecular complexity index is 779. The summed E-state index contributed by atoms with van der Waals surface area (Å²) in [5.41, 5.74) is 0.609. The number of hydrogen-bond acceptors (Lipinski definition) is 5. The van der Waals surface area contributed by atoms with Crippen LogP contribution in [0.25, 0.3) is 0 Å². The molecule has 32 heavy (non-hydrogen) atoms. The van der Waals surface area contributed by atoms with Crippen LogP contribution in [0.2, 0.25) is 0 Å². The molecule has 2 saturated heterocycles. The van der Waals surface area contributed by atoms with Crippen LogP contribution < -0.4 is 9.47 Å². The monoisotopic (exact) mass is 443 g/mol. The van der Waals surface area contributed by atoms with Crippen molar-refractivity contribution in [2.45, 2.75) is 57.9 Å². The van der Waals surface area contributed by atoms with Crippen molar-refractivity contribution >= 4 is 11.8 Å². The average Bonchev–Trinajstić information content (AvgIpc) is 3.38. The maximum atomic E-state index is 13.1. The Hall–Kier alpha value is -2.28. The van der Waals surface area contributed by atoms with Crippen LogP contribution in [0.15, 0.2) is 18.2 Å². The number of likely N-dealkylation sites (tertiary alicyclic amines) is 1. The maximum absolute atomic E-state index is 13.1. The van der Waals surface area contributed by atoms with Gasteiger partial charge in [0.1, 0.15) is 0 Å². The Kier molecular flexibility index (Phi) is 7.90.